The molecule has 9 heteroatoms. The molecular weight excluding hydrogens is 444 g/mol. The van der Waals surface area contributed by atoms with Crippen molar-refractivity contribution in [1.82, 2.24) is 19.9 Å². The van der Waals surface area contributed by atoms with Crippen LogP contribution in [0.1, 0.15) is 35.1 Å². The van der Waals surface area contributed by atoms with E-state index >= 15 is 0 Å². The molecule has 3 heterocycles. The van der Waals surface area contributed by atoms with Crippen LogP contribution in [-0.2, 0) is 12.8 Å². The number of nitrogens with one attached hydrogen (secondary N) is 1. The molecule has 4 aromatic rings. The molecule has 0 saturated carbocycles. The summed E-state index contributed by atoms with van der Waals surface area (Å²) in [6.07, 6.45) is 1.36. The largest absolute Gasteiger partial charge is 0.447 e. The number of fused-ring (bicyclic) bond motifs is 1. The van der Waals surface area contributed by atoms with Crippen molar-refractivity contribution >= 4 is 39.2 Å². The molecular formula is C23H24N4O3S2. The van der Waals surface area contributed by atoms with Crippen molar-refractivity contribution in [3.05, 3.63) is 63.4 Å². The van der Waals surface area contributed by atoms with E-state index in [0.717, 1.165) is 16.0 Å². The van der Waals surface area contributed by atoms with Gasteiger partial charge in [-0.2, -0.15) is 0 Å². The van der Waals surface area contributed by atoms with Crippen molar-refractivity contribution in [3.63, 3.8) is 0 Å². The monoisotopic (exact) mass is 468 g/mol. The van der Waals surface area contributed by atoms with Gasteiger partial charge in [0.2, 0.25) is 5.89 Å². The first-order valence-electron chi connectivity index (χ1n) is 10.3. The predicted molar refractivity (Wildman–Crippen MR) is 128 cm³/mol. The van der Waals surface area contributed by atoms with Crippen molar-refractivity contribution in [3.8, 4) is 11.1 Å². The number of rotatable bonds is 7. The summed E-state index contributed by atoms with van der Waals surface area (Å²) in [5.74, 6) is 0.866. The minimum Gasteiger partial charge on any atom is -0.447 e. The number of hydrogen-bond acceptors (Lipinski definition) is 7. The molecule has 1 amide bonds. The Kier molecular flexibility index (Phi) is 6.48. The van der Waals surface area contributed by atoms with Crippen molar-refractivity contribution in [2.75, 3.05) is 6.54 Å². The smallest absolute Gasteiger partial charge is 0.273 e. The van der Waals surface area contributed by atoms with Gasteiger partial charge in [-0.25, -0.2) is 9.97 Å². The average Bonchev–Trinajstić information content (AvgIpc) is 3.38. The average molecular weight is 469 g/mol. The number of oxazole rings is 1. The number of nitrogens with zero attached hydrogens (tertiary/aromatic N) is 3. The zero-order chi connectivity index (χ0) is 22.8. The molecule has 0 unspecified atom stereocenters. The Morgan fingerprint density at radius 1 is 1.25 bits per heavy atom. The second-order valence-electron chi connectivity index (χ2n) is 7.86. The van der Waals surface area contributed by atoms with Gasteiger partial charge in [-0.15, -0.1) is 11.3 Å². The lowest BCUT2D eigenvalue weighted by atomic mass is 10.0. The van der Waals surface area contributed by atoms with Crippen molar-refractivity contribution < 1.29 is 9.21 Å². The first kappa shape index (κ1) is 22.3. The Labute approximate surface area is 193 Å². The summed E-state index contributed by atoms with van der Waals surface area (Å²) in [5, 5.41) is 4.04. The molecule has 166 valence electrons. The van der Waals surface area contributed by atoms with E-state index < -0.39 is 0 Å². The van der Waals surface area contributed by atoms with E-state index in [0.29, 0.717) is 39.5 Å². The highest BCUT2D eigenvalue weighted by atomic mass is 32.2. The van der Waals surface area contributed by atoms with E-state index in [4.69, 9.17) is 9.40 Å². The van der Waals surface area contributed by atoms with Crippen LogP contribution in [0.15, 0.2) is 51.0 Å². The third kappa shape index (κ3) is 4.49. The fourth-order valence-electron chi connectivity index (χ4n) is 3.30. The number of thioether (sulfide) groups is 1. The van der Waals surface area contributed by atoms with Gasteiger partial charge >= 0.3 is 0 Å². The summed E-state index contributed by atoms with van der Waals surface area (Å²) >= 11 is 2.87. The second-order valence-corrected chi connectivity index (χ2v) is 10.0. The van der Waals surface area contributed by atoms with Gasteiger partial charge in [-0.1, -0.05) is 55.9 Å². The van der Waals surface area contributed by atoms with Crippen molar-refractivity contribution in [2.45, 2.75) is 31.7 Å². The zero-order valence-electron chi connectivity index (χ0n) is 18.3. The van der Waals surface area contributed by atoms with Crippen LogP contribution in [0.4, 0.5) is 0 Å². The number of amides is 1. The molecule has 3 aromatic heterocycles. The highest BCUT2D eigenvalue weighted by Crippen LogP contribution is 2.36. The number of hydrogen-bond donors (Lipinski definition) is 1. The van der Waals surface area contributed by atoms with Gasteiger partial charge in [0.1, 0.15) is 11.1 Å². The highest BCUT2D eigenvalue weighted by molar-refractivity contribution is 7.98. The van der Waals surface area contributed by atoms with E-state index in [1.54, 1.807) is 11.6 Å². The predicted octanol–water partition coefficient (Wildman–Crippen LogP) is 4.64. The van der Waals surface area contributed by atoms with Gasteiger partial charge in [0, 0.05) is 24.0 Å². The van der Waals surface area contributed by atoms with Gasteiger partial charge in [-0.3, -0.25) is 14.2 Å². The van der Waals surface area contributed by atoms with Gasteiger partial charge in [-0.05, 0) is 18.4 Å². The van der Waals surface area contributed by atoms with Gasteiger partial charge < -0.3 is 9.73 Å². The third-order valence-electron chi connectivity index (χ3n) is 4.91. The molecule has 32 heavy (non-hydrogen) atoms. The first-order valence-corrected chi connectivity index (χ1v) is 12.1. The molecule has 0 bridgehead atoms. The Bertz CT molecular complexity index is 1320. The van der Waals surface area contributed by atoms with Crippen LogP contribution in [0.5, 0.6) is 0 Å². The molecule has 0 spiro atoms. The summed E-state index contributed by atoms with van der Waals surface area (Å²) in [4.78, 5) is 36.1. The number of thiophene rings is 1. The van der Waals surface area contributed by atoms with Crippen LogP contribution in [0, 0.1) is 12.8 Å². The molecule has 1 aromatic carbocycles. The maximum Gasteiger partial charge on any atom is 0.273 e. The third-order valence-corrected chi connectivity index (χ3v) is 6.92. The Balaban J connectivity index is 1.57. The molecule has 0 saturated heterocycles. The van der Waals surface area contributed by atoms with Gasteiger partial charge in [0.25, 0.3) is 11.5 Å². The van der Waals surface area contributed by atoms with Crippen LogP contribution in [-0.4, -0.2) is 27.0 Å². The summed E-state index contributed by atoms with van der Waals surface area (Å²) < 4.78 is 7.01. The first-order chi connectivity index (χ1) is 15.3. The van der Waals surface area contributed by atoms with Crippen molar-refractivity contribution in [1.29, 1.82) is 0 Å². The topological polar surface area (TPSA) is 90.0 Å². The van der Waals surface area contributed by atoms with E-state index in [1.807, 2.05) is 51.1 Å². The molecule has 1 N–H and O–H groups in total. The molecule has 0 fully saturated rings. The van der Waals surface area contributed by atoms with E-state index in [2.05, 4.69) is 10.3 Å². The fourth-order valence-corrected chi connectivity index (χ4v) is 5.21. The molecule has 0 aliphatic rings. The van der Waals surface area contributed by atoms with Crippen LogP contribution in [0.3, 0.4) is 0 Å². The maximum atomic E-state index is 13.2. The van der Waals surface area contributed by atoms with Gasteiger partial charge in [0.05, 0.1) is 11.1 Å². The minimum absolute atomic E-state index is 0.0816. The Morgan fingerprint density at radius 2 is 2.00 bits per heavy atom. The lowest BCUT2D eigenvalue weighted by Crippen LogP contribution is -2.27. The lowest BCUT2D eigenvalue weighted by molar-refractivity contribution is 0.0944. The molecule has 0 radical (unpaired) electrons. The number of aryl methyl sites for hydroxylation is 1. The lowest BCUT2D eigenvalue weighted by Gasteiger charge is -2.07. The zero-order valence-corrected chi connectivity index (χ0v) is 20.0. The van der Waals surface area contributed by atoms with Crippen LogP contribution >= 0.6 is 23.1 Å². The number of aromatic nitrogens is 3. The van der Waals surface area contributed by atoms with Crippen LogP contribution in [0.25, 0.3) is 21.3 Å². The molecule has 0 aliphatic carbocycles. The van der Waals surface area contributed by atoms with Gasteiger partial charge in [0.15, 0.2) is 10.9 Å². The van der Waals surface area contributed by atoms with Crippen molar-refractivity contribution in [2.24, 2.45) is 13.0 Å². The fraction of sp³-hybridized carbons (Fsp3) is 0.304. The number of benzene rings is 1. The number of carbonyl (C=O) groups is 1. The highest BCUT2D eigenvalue weighted by Gasteiger charge is 2.19. The maximum absolute atomic E-state index is 13.2. The Hall–Kier alpha value is -2.91. The second kappa shape index (κ2) is 9.30. The minimum atomic E-state index is -0.256. The Morgan fingerprint density at radius 3 is 2.72 bits per heavy atom. The quantitative estimate of drug-likeness (QED) is 0.314. The molecule has 4 rings (SSSR count). The van der Waals surface area contributed by atoms with Crippen LogP contribution < -0.4 is 10.9 Å². The summed E-state index contributed by atoms with van der Waals surface area (Å²) in [6, 6.07) is 9.91. The normalized spacial score (nSPS) is 11.4. The van der Waals surface area contributed by atoms with E-state index in [9.17, 15) is 9.59 Å². The summed E-state index contributed by atoms with van der Waals surface area (Å²) in [5.41, 5.74) is 2.13. The molecule has 0 aliphatic heterocycles. The molecule has 7 nitrogen and oxygen atoms in total. The summed E-state index contributed by atoms with van der Waals surface area (Å²) in [6.45, 7) is 6.64. The van der Waals surface area contributed by atoms with Crippen LogP contribution in [0.2, 0.25) is 0 Å². The van der Waals surface area contributed by atoms with E-state index in [1.165, 1.54) is 29.4 Å². The standard InChI is InChI=1S/C23H24N4O3S2/c1-13(2)10-24-20(28)16-11-30-17(25-16)12-31-23-26-21-19(22(29)27(23)4)18(14(3)32-21)15-8-6-5-7-9-15/h5-9,11,13H,10,12H2,1-4H3,(H,24,28). The van der Waals surface area contributed by atoms with E-state index in [-0.39, 0.29) is 17.2 Å². The molecule has 0 atom stereocenters. The summed E-state index contributed by atoms with van der Waals surface area (Å²) in [7, 11) is 1.72. The SMILES string of the molecule is Cc1sc2nc(SCc3nc(C(=O)NCC(C)C)co3)n(C)c(=O)c2c1-c1ccccc1. The number of carbonyl (C=O) groups excluding carboxylic acids is 1.